The van der Waals surface area contributed by atoms with Gasteiger partial charge in [0.25, 0.3) is 0 Å². The molecule has 1 aromatic carbocycles. The number of halogens is 1. The second-order valence-electron chi connectivity index (χ2n) is 4.97. The average Bonchev–Trinajstić information content (AvgIpc) is 2.80. The van der Waals surface area contributed by atoms with Crippen molar-refractivity contribution in [2.24, 2.45) is 0 Å². The summed E-state index contributed by atoms with van der Waals surface area (Å²) in [4.78, 5) is 13.7. The molecule has 1 N–H and O–H groups in total. The van der Waals surface area contributed by atoms with E-state index in [0.717, 1.165) is 24.8 Å². The van der Waals surface area contributed by atoms with Gasteiger partial charge in [0.2, 0.25) is 5.91 Å². The van der Waals surface area contributed by atoms with Gasteiger partial charge in [0.15, 0.2) is 11.6 Å². The minimum Gasteiger partial charge on any atom is -0.494 e. The standard InChI is InChI=1S/C15H21FN2O2/c1-3-4-5-8-18-14(19)10-17-15(18)11-6-7-13(20-2)12(16)9-11/h6-7,9,15,17H,3-5,8,10H2,1-2H3. The summed E-state index contributed by atoms with van der Waals surface area (Å²) in [6, 6.07) is 4.83. The van der Waals surface area contributed by atoms with E-state index >= 15 is 0 Å². The fourth-order valence-electron chi connectivity index (χ4n) is 2.48. The van der Waals surface area contributed by atoms with E-state index in [2.05, 4.69) is 12.2 Å². The Labute approximate surface area is 118 Å². The number of ether oxygens (including phenoxy) is 1. The van der Waals surface area contributed by atoms with Gasteiger partial charge in [-0.2, -0.15) is 0 Å². The molecule has 0 aliphatic carbocycles. The largest absolute Gasteiger partial charge is 0.494 e. The van der Waals surface area contributed by atoms with Crippen LogP contribution in [0.3, 0.4) is 0 Å². The van der Waals surface area contributed by atoms with Crippen LogP contribution in [0, 0.1) is 5.82 Å². The second kappa shape index (κ2) is 6.70. The fourth-order valence-corrected chi connectivity index (χ4v) is 2.48. The number of unbranched alkanes of at least 4 members (excludes halogenated alkanes) is 2. The third-order valence-electron chi connectivity index (χ3n) is 3.57. The van der Waals surface area contributed by atoms with Gasteiger partial charge in [-0.25, -0.2) is 4.39 Å². The number of hydrogen-bond acceptors (Lipinski definition) is 3. The highest BCUT2D eigenvalue weighted by molar-refractivity contribution is 5.80. The summed E-state index contributed by atoms with van der Waals surface area (Å²) in [6.45, 7) is 3.14. The minimum atomic E-state index is -0.403. The monoisotopic (exact) mass is 280 g/mol. The second-order valence-corrected chi connectivity index (χ2v) is 4.97. The van der Waals surface area contributed by atoms with Gasteiger partial charge in [0.05, 0.1) is 13.7 Å². The highest BCUT2D eigenvalue weighted by atomic mass is 19.1. The first-order valence-electron chi connectivity index (χ1n) is 7.03. The van der Waals surface area contributed by atoms with Gasteiger partial charge in [0.1, 0.15) is 6.17 Å². The Hall–Kier alpha value is -1.62. The molecule has 20 heavy (non-hydrogen) atoms. The Balaban J connectivity index is 2.13. The number of nitrogens with one attached hydrogen (secondary N) is 1. The van der Waals surface area contributed by atoms with Gasteiger partial charge >= 0.3 is 0 Å². The van der Waals surface area contributed by atoms with Crippen LogP contribution in [-0.2, 0) is 4.79 Å². The molecular formula is C15H21FN2O2. The van der Waals surface area contributed by atoms with Crippen molar-refractivity contribution in [2.75, 3.05) is 20.2 Å². The molecule has 1 unspecified atom stereocenters. The fraction of sp³-hybridized carbons (Fsp3) is 0.533. The molecule has 4 nitrogen and oxygen atoms in total. The number of amides is 1. The quantitative estimate of drug-likeness (QED) is 0.814. The smallest absolute Gasteiger partial charge is 0.238 e. The molecule has 1 atom stereocenters. The average molecular weight is 280 g/mol. The van der Waals surface area contributed by atoms with Gasteiger partial charge in [-0.05, 0) is 24.1 Å². The molecule has 0 radical (unpaired) electrons. The number of methoxy groups -OCH3 is 1. The molecule has 0 saturated carbocycles. The zero-order valence-corrected chi connectivity index (χ0v) is 12.0. The summed E-state index contributed by atoms with van der Waals surface area (Å²) >= 11 is 0. The predicted octanol–water partition coefficient (Wildman–Crippen LogP) is 2.45. The van der Waals surface area contributed by atoms with Crippen molar-refractivity contribution in [2.45, 2.75) is 32.4 Å². The Bertz CT molecular complexity index is 479. The zero-order valence-electron chi connectivity index (χ0n) is 12.0. The summed E-state index contributed by atoms with van der Waals surface area (Å²) in [5.74, 6) is -0.113. The van der Waals surface area contributed by atoms with Crippen LogP contribution in [0.15, 0.2) is 18.2 Å². The topological polar surface area (TPSA) is 41.6 Å². The van der Waals surface area contributed by atoms with E-state index in [1.54, 1.807) is 17.0 Å². The molecule has 0 spiro atoms. The zero-order chi connectivity index (χ0) is 14.5. The lowest BCUT2D eigenvalue weighted by molar-refractivity contribution is -0.128. The van der Waals surface area contributed by atoms with Gasteiger partial charge < -0.3 is 9.64 Å². The van der Waals surface area contributed by atoms with Crippen LogP contribution in [0.2, 0.25) is 0 Å². The minimum absolute atomic E-state index is 0.0716. The van der Waals surface area contributed by atoms with E-state index in [4.69, 9.17) is 4.74 Å². The molecule has 5 heteroatoms. The molecule has 1 aromatic rings. The Morgan fingerprint density at radius 3 is 2.90 bits per heavy atom. The molecule has 1 heterocycles. The molecular weight excluding hydrogens is 259 g/mol. The molecule has 2 rings (SSSR count). The van der Waals surface area contributed by atoms with Crippen molar-refractivity contribution >= 4 is 5.91 Å². The van der Waals surface area contributed by atoms with Gasteiger partial charge in [-0.1, -0.05) is 25.8 Å². The molecule has 1 amide bonds. The molecule has 1 fully saturated rings. The maximum Gasteiger partial charge on any atom is 0.238 e. The summed E-state index contributed by atoms with van der Waals surface area (Å²) < 4.78 is 18.7. The van der Waals surface area contributed by atoms with E-state index in [-0.39, 0.29) is 17.8 Å². The number of benzene rings is 1. The molecule has 1 aliphatic rings. The van der Waals surface area contributed by atoms with Crippen molar-refractivity contribution in [1.82, 2.24) is 10.2 Å². The SMILES string of the molecule is CCCCCN1C(=O)CNC1c1ccc(OC)c(F)c1. The van der Waals surface area contributed by atoms with Crippen molar-refractivity contribution in [3.05, 3.63) is 29.6 Å². The van der Waals surface area contributed by atoms with Crippen LogP contribution in [0.1, 0.15) is 37.9 Å². The van der Waals surface area contributed by atoms with Gasteiger partial charge in [-0.3, -0.25) is 10.1 Å². The van der Waals surface area contributed by atoms with Crippen molar-refractivity contribution in [3.8, 4) is 5.75 Å². The first-order valence-corrected chi connectivity index (χ1v) is 7.03. The normalized spacial score (nSPS) is 18.6. The van der Waals surface area contributed by atoms with Crippen molar-refractivity contribution in [1.29, 1.82) is 0 Å². The Morgan fingerprint density at radius 2 is 2.25 bits per heavy atom. The number of nitrogens with zero attached hydrogens (tertiary/aromatic N) is 1. The lowest BCUT2D eigenvalue weighted by Crippen LogP contribution is -2.31. The highest BCUT2D eigenvalue weighted by Crippen LogP contribution is 2.27. The summed E-state index contributed by atoms with van der Waals surface area (Å²) in [7, 11) is 1.44. The van der Waals surface area contributed by atoms with E-state index in [0.29, 0.717) is 13.1 Å². The number of rotatable bonds is 6. The van der Waals surface area contributed by atoms with E-state index in [1.165, 1.54) is 13.2 Å². The first kappa shape index (κ1) is 14.8. The van der Waals surface area contributed by atoms with Crippen LogP contribution in [-0.4, -0.2) is 31.0 Å². The number of carbonyl (C=O) groups is 1. The molecule has 110 valence electrons. The Morgan fingerprint density at radius 1 is 1.45 bits per heavy atom. The highest BCUT2D eigenvalue weighted by Gasteiger charge is 2.31. The molecule has 0 aromatic heterocycles. The summed E-state index contributed by atoms with van der Waals surface area (Å²) in [5, 5.41) is 3.13. The van der Waals surface area contributed by atoms with E-state index in [1.807, 2.05) is 0 Å². The lowest BCUT2D eigenvalue weighted by Gasteiger charge is -2.25. The van der Waals surface area contributed by atoms with E-state index in [9.17, 15) is 9.18 Å². The molecule has 1 aliphatic heterocycles. The summed E-state index contributed by atoms with van der Waals surface area (Å²) in [5.41, 5.74) is 0.755. The van der Waals surface area contributed by atoms with Crippen molar-refractivity contribution in [3.63, 3.8) is 0 Å². The van der Waals surface area contributed by atoms with Crippen LogP contribution in [0.4, 0.5) is 4.39 Å². The maximum atomic E-state index is 13.8. The van der Waals surface area contributed by atoms with Crippen molar-refractivity contribution < 1.29 is 13.9 Å². The summed E-state index contributed by atoms with van der Waals surface area (Å²) in [6.07, 6.45) is 2.93. The van der Waals surface area contributed by atoms with Crippen LogP contribution in [0.25, 0.3) is 0 Å². The molecule has 0 bridgehead atoms. The number of carbonyl (C=O) groups excluding carboxylic acids is 1. The predicted molar refractivity (Wildman–Crippen MR) is 74.9 cm³/mol. The van der Waals surface area contributed by atoms with Gasteiger partial charge in [-0.15, -0.1) is 0 Å². The molecule has 1 saturated heterocycles. The third-order valence-corrected chi connectivity index (χ3v) is 3.57. The Kier molecular flexibility index (Phi) is 4.95. The van der Waals surface area contributed by atoms with E-state index < -0.39 is 5.82 Å². The third kappa shape index (κ3) is 3.10. The van der Waals surface area contributed by atoms with Crippen LogP contribution in [0.5, 0.6) is 5.75 Å². The van der Waals surface area contributed by atoms with Crippen LogP contribution >= 0.6 is 0 Å². The lowest BCUT2D eigenvalue weighted by atomic mass is 10.1. The van der Waals surface area contributed by atoms with Crippen LogP contribution < -0.4 is 10.1 Å². The number of hydrogen-bond donors (Lipinski definition) is 1. The van der Waals surface area contributed by atoms with Gasteiger partial charge in [0, 0.05) is 6.54 Å². The maximum absolute atomic E-state index is 13.8. The first-order chi connectivity index (χ1) is 9.67.